The number of carbonyl (C=O) groups excluding carboxylic acids is 1. The van der Waals surface area contributed by atoms with E-state index in [0.29, 0.717) is 5.56 Å². The summed E-state index contributed by atoms with van der Waals surface area (Å²) in [4.78, 5) is 10.9. The molecule has 0 saturated carbocycles. The van der Waals surface area contributed by atoms with Gasteiger partial charge in [0.1, 0.15) is 6.29 Å². The van der Waals surface area contributed by atoms with Crippen molar-refractivity contribution >= 4 is 27.8 Å². The SMILES string of the molecule is O=Cc1ccc(-c2c3ccccc3cc3ccccc23)cc1. The highest BCUT2D eigenvalue weighted by Crippen LogP contribution is 2.36. The van der Waals surface area contributed by atoms with E-state index in [0.717, 1.165) is 11.8 Å². The Bertz CT molecular complexity index is 927. The van der Waals surface area contributed by atoms with Gasteiger partial charge >= 0.3 is 0 Å². The van der Waals surface area contributed by atoms with E-state index in [9.17, 15) is 4.79 Å². The second-order valence-electron chi connectivity index (χ2n) is 5.43. The number of aldehydes is 1. The average molecular weight is 282 g/mol. The summed E-state index contributed by atoms with van der Waals surface area (Å²) in [6.45, 7) is 0. The molecular formula is C21H14O. The van der Waals surface area contributed by atoms with E-state index in [1.807, 2.05) is 24.3 Å². The highest BCUT2D eigenvalue weighted by molar-refractivity contribution is 6.12. The van der Waals surface area contributed by atoms with Crippen LogP contribution in [0.5, 0.6) is 0 Å². The molecule has 0 bridgehead atoms. The van der Waals surface area contributed by atoms with Crippen LogP contribution in [0.1, 0.15) is 10.4 Å². The third-order valence-corrected chi connectivity index (χ3v) is 4.11. The van der Waals surface area contributed by atoms with E-state index < -0.39 is 0 Å². The smallest absolute Gasteiger partial charge is 0.150 e. The molecule has 0 atom stereocenters. The summed E-state index contributed by atoms with van der Waals surface area (Å²) >= 11 is 0. The molecule has 0 aromatic heterocycles. The maximum absolute atomic E-state index is 10.9. The third kappa shape index (κ3) is 1.99. The summed E-state index contributed by atoms with van der Waals surface area (Å²) in [5.41, 5.74) is 3.07. The van der Waals surface area contributed by atoms with E-state index in [4.69, 9.17) is 0 Å². The lowest BCUT2D eigenvalue weighted by Gasteiger charge is -2.12. The quantitative estimate of drug-likeness (QED) is 0.352. The second-order valence-corrected chi connectivity index (χ2v) is 5.43. The highest BCUT2D eigenvalue weighted by Gasteiger charge is 2.09. The van der Waals surface area contributed by atoms with Crippen molar-refractivity contribution in [1.82, 2.24) is 0 Å². The van der Waals surface area contributed by atoms with Crippen LogP contribution in [-0.4, -0.2) is 6.29 Å². The fourth-order valence-electron chi connectivity index (χ4n) is 3.05. The lowest BCUT2D eigenvalue weighted by Crippen LogP contribution is -1.86. The van der Waals surface area contributed by atoms with Gasteiger partial charge in [-0.3, -0.25) is 4.79 Å². The van der Waals surface area contributed by atoms with Gasteiger partial charge in [-0.1, -0.05) is 72.8 Å². The number of rotatable bonds is 2. The Kier molecular flexibility index (Phi) is 2.97. The fourth-order valence-corrected chi connectivity index (χ4v) is 3.05. The van der Waals surface area contributed by atoms with Gasteiger partial charge in [-0.2, -0.15) is 0 Å². The molecule has 4 aromatic rings. The first kappa shape index (κ1) is 12.8. The molecule has 0 heterocycles. The first-order valence-corrected chi connectivity index (χ1v) is 7.33. The van der Waals surface area contributed by atoms with Crippen molar-refractivity contribution in [2.75, 3.05) is 0 Å². The first-order valence-electron chi connectivity index (χ1n) is 7.33. The molecule has 0 saturated heterocycles. The summed E-state index contributed by atoms with van der Waals surface area (Å²) in [7, 11) is 0. The van der Waals surface area contributed by atoms with Crippen LogP contribution < -0.4 is 0 Å². The Balaban J connectivity index is 2.13. The van der Waals surface area contributed by atoms with Crippen LogP contribution in [0, 0.1) is 0 Å². The maximum atomic E-state index is 10.9. The highest BCUT2D eigenvalue weighted by atomic mass is 16.1. The summed E-state index contributed by atoms with van der Waals surface area (Å²) in [5.74, 6) is 0. The van der Waals surface area contributed by atoms with Gasteiger partial charge < -0.3 is 0 Å². The van der Waals surface area contributed by atoms with Gasteiger partial charge in [-0.15, -0.1) is 0 Å². The van der Waals surface area contributed by atoms with Crippen molar-refractivity contribution in [3.8, 4) is 11.1 Å². The zero-order valence-corrected chi connectivity index (χ0v) is 12.0. The molecule has 104 valence electrons. The molecule has 0 fully saturated rings. The Morgan fingerprint density at radius 3 is 1.73 bits per heavy atom. The van der Waals surface area contributed by atoms with Crippen molar-refractivity contribution in [2.24, 2.45) is 0 Å². The van der Waals surface area contributed by atoms with Crippen LogP contribution in [0.25, 0.3) is 32.7 Å². The summed E-state index contributed by atoms with van der Waals surface area (Å²) in [6, 6.07) is 26.9. The Morgan fingerprint density at radius 2 is 1.18 bits per heavy atom. The Labute approximate surface area is 128 Å². The molecule has 0 spiro atoms. The minimum Gasteiger partial charge on any atom is -0.298 e. The zero-order valence-electron chi connectivity index (χ0n) is 12.0. The van der Waals surface area contributed by atoms with Crippen LogP contribution in [0.15, 0.2) is 78.9 Å². The molecular weight excluding hydrogens is 268 g/mol. The van der Waals surface area contributed by atoms with E-state index in [1.54, 1.807) is 0 Å². The van der Waals surface area contributed by atoms with Gasteiger partial charge in [0.05, 0.1) is 0 Å². The molecule has 0 aliphatic carbocycles. The summed E-state index contributed by atoms with van der Waals surface area (Å²) < 4.78 is 0. The van der Waals surface area contributed by atoms with E-state index >= 15 is 0 Å². The number of carbonyl (C=O) groups is 1. The summed E-state index contributed by atoms with van der Waals surface area (Å²) in [5, 5.41) is 4.94. The van der Waals surface area contributed by atoms with Crippen LogP contribution in [0.2, 0.25) is 0 Å². The Morgan fingerprint density at radius 1 is 0.636 bits per heavy atom. The lowest BCUT2D eigenvalue weighted by molar-refractivity contribution is 0.112. The molecule has 0 unspecified atom stereocenters. The molecule has 0 amide bonds. The van der Waals surface area contributed by atoms with Crippen molar-refractivity contribution in [2.45, 2.75) is 0 Å². The molecule has 22 heavy (non-hydrogen) atoms. The molecule has 4 aromatic carbocycles. The minimum atomic E-state index is 0.702. The van der Waals surface area contributed by atoms with Gasteiger partial charge in [0, 0.05) is 5.56 Å². The molecule has 0 aliphatic heterocycles. The molecule has 0 N–H and O–H groups in total. The van der Waals surface area contributed by atoms with Gasteiger partial charge in [0.2, 0.25) is 0 Å². The average Bonchev–Trinajstić information content (AvgIpc) is 2.60. The third-order valence-electron chi connectivity index (χ3n) is 4.11. The van der Waals surface area contributed by atoms with Crippen molar-refractivity contribution < 1.29 is 4.79 Å². The van der Waals surface area contributed by atoms with Crippen LogP contribution in [0.4, 0.5) is 0 Å². The topological polar surface area (TPSA) is 17.1 Å². The molecule has 0 radical (unpaired) electrons. The number of hydrogen-bond donors (Lipinski definition) is 0. The van der Waals surface area contributed by atoms with Crippen molar-refractivity contribution in [1.29, 1.82) is 0 Å². The molecule has 4 rings (SSSR count). The van der Waals surface area contributed by atoms with Crippen molar-refractivity contribution in [3.63, 3.8) is 0 Å². The molecule has 0 aliphatic rings. The monoisotopic (exact) mass is 282 g/mol. The number of hydrogen-bond acceptors (Lipinski definition) is 1. The maximum Gasteiger partial charge on any atom is 0.150 e. The van der Waals surface area contributed by atoms with Crippen LogP contribution in [0.3, 0.4) is 0 Å². The van der Waals surface area contributed by atoms with Gasteiger partial charge in [0.15, 0.2) is 0 Å². The predicted octanol–water partition coefficient (Wildman–Crippen LogP) is 5.47. The number of fused-ring (bicyclic) bond motifs is 2. The van der Waals surface area contributed by atoms with Crippen molar-refractivity contribution in [3.05, 3.63) is 84.4 Å². The Hall–Kier alpha value is -2.93. The van der Waals surface area contributed by atoms with E-state index in [2.05, 4.69) is 54.6 Å². The molecule has 1 nitrogen and oxygen atoms in total. The summed E-state index contributed by atoms with van der Waals surface area (Å²) in [6.07, 6.45) is 0.880. The normalized spacial score (nSPS) is 10.9. The minimum absolute atomic E-state index is 0.702. The van der Waals surface area contributed by atoms with Crippen LogP contribution >= 0.6 is 0 Å². The van der Waals surface area contributed by atoms with E-state index in [-0.39, 0.29) is 0 Å². The van der Waals surface area contributed by atoms with Crippen LogP contribution in [-0.2, 0) is 0 Å². The van der Waals surface area contributed by atoms with E-state index in [1.165, 1.54) is 27.1 Å². The standard InChI is InChI=1S/C21H14O/c22-14-15-9-11-16(12-10-15)21-19-7-3-1-5-17(19)13-18-6-2-4-8-20(18)21/h1-14H. The van der Waals surface area contributed by atoms with Gasteiger partial charge in [-0.25, -0.2) is 0 Å². The lowest BCUT2D eigenvalue weighted by atomic mass is 9.92. The number of benzene rings is 4. The zero-order chi connectivity index (χ0) is 14.9. The van der Waals surface area contributed by atoms with Gasteiger partial charge in [-0.05, 0) is 38.7 Å². The second kappa shape index (κ2) is 5.12. The predicted molar refractivity (Wildman–Crippen MR) is 92.3 cm³/mol. The molecule has 1 heteroatoms. The first-order chi connectivity index (χ1) is 10.9. The largest absolute Gasteiger partial charge is 0.298 e. The fraction of sp³-hybridized carbons (Fsp3) is 0. The van der Waals surface area contributed by atoms with Gasteiger partial charge in [0.25, 0.3) is 0 Å².